The zero-order valence-corrected chi connectivity index (χ0v) is 15.4. The van der Waals surface area contributed by atoms with Gasteiger partial charge in [0.05, 0.1) is 6.61 Å². The van der Waals surface area contributed by atoms with Gasteiger partial charge in [0.25, 0.3) is 0 Å². The summed E-state index contributed by atoms with van der Waals surface area (Å²) >= 11 is 0. The van der Waals surface area contributed by atoms with E-state index in [1.54, 1.807) is 12.1 Å². The summed E-state index contributed by atoms with van der Waals surface area (Å²) in [5, 5.41) is 0. The second-order valence-electron chi connectivity index (χ2n) is 6.05. The highest BCUT2D eigenvalue weighted by Gasteiger charge is 2.23. The summed E-state index contributed by atoms with van der Waals surface area (Å²) in [6.07, 6.45) is 0. The van der Waals surface area contributed by atoms with E-state index >= 15 is 0 Å². The number of rotatable bonds is 7. The van der Waals surface area contributed by atoms with Crippen LogP contribution in [0.4, 0.5) is 0 Å². The van der Waals surface area contributed by atoms with Gasteiger partial charge in [-0.15, -0.1) is 0 Å². The first-order valence-corrected chi connectivity index (χ1v) is 9.67. The van der Waals surface area contributed by atoms with Gasteiger partial charge in [-0.1, -0.05) is 50.2 Å². The number of benzene rings is 2. The van der Waals surface area contributed by atoms with Crippen LogP contribution in [0.3, 0.4) is 0 Å². The van der Waals surface area contributed by atoms with E-state index in [0.717, 1.165) is 11.1 Å². The second kappa shape index (κ2) is 7.81. The Morgan fingerprint density at radius 3 is 2.25 bits per heavy atom. The fraction of sp³-hybridized carbons (Fsp3) is 0.368. The summed E-state index contributed by atoms with van der Waals surface area (Å²) in [7, 11) is -3.69. The number of ether oxygens (including phenoxy) is 1. The van der Waals surface area contributed by atoms with Crippen LogP contribution in [0.5, 0.6) is 5.75 Å². The van der Waals surface area contributed by atoms with E-state index in [4.69, 9.17) is 4.74 Å². The largest absolute Gasteiger partial charge is 0.492 e. The van der Waals surface area contributed by atoms with Gasteiger partial charge in [-0.05, 0) is 43.0 Å². The zero-order chi connectivity index (χ0) is 17.7. The molecule has 130 valence electrons. The Bertz CT molecular complexity index is 770. The number of hydrogen-bond donors (Lipinski definition) is 1. The molecular weight excluding hydrogens is 322 g/mol. The van der Waals surface area contributed by atoms with Crippen molar-refractivity contribution in [1.29, 1.82) is 0 Å². The lowest BCUT2D eigenvalue weighted by atomic mass is 10.0. The van der Waals surface area contributed by atoms with E-state index in [2.05, 4.69) is 4.72 Å². The fourth-order valence-corrected chi connectivity index (χ4v) is 3.89. The minimum absolute atomic E-state index is 0.193. The van der Waals surface area contributed by atoms with E-state index in [9.17, 15) is 8.42 Å². The normalized spacial score (nSPS) is 13.0. The quantitative estimate of drug-likeness (QED) is 0.815. The molecule has 0 saturated heterocycles. The molecule has 0 aromatic heterocycles. The van der Waals surface area contributed by atoms with Crippen LogP contribution in [-0.2, 0) is 10.0 Å². The van der Waals surface area contributed by atoms with E-state index in [1.807, 2.05) is 64.1 Å². The molecule has 24 heavy (non-hydrogen) atoms. The van der Waals surface area contributed by atoms with Crippen molar-refractivity contribution in [3.05, 3.63) is 59.7 Å². The molecule has 0 fully saturated rings. The minimum Gasteiger partial charge on any atom is -0.492 e. The molecule has 2 aromatic carbocycles. The zero-order valence-electron chi connectivity index (χ0n) is 14.6. The molecule has 0 saturated carbocycles. The van der Waals surface area contributed by atoms with Crippen LogP contribution in [-0.4, -0.2) is 15.0 Å². The lowest BCUT2D eigenvalue weighted by Crippen LogP contribution is -2.27. The van der Waals surface area contributed by atoms with Crippen LogP contribution in [0.2, 0.25) is 0 Å². The molecule has 0 radical (unpaired) electrons. The fourth-order valence-electron chi connectivity index (χ4n) is 2.47. The maximum absolute atomic E-state index is 12.9. The maximum Gasteiger partial charge on any atom is 0.244 e. The molecule has 5 heteroatoms. The lowest BCUT2D eigenvalue weighted by Gasteiger charge is -2.18. The van der Waals surface area contributed by atoms with E-state index in [-0.39, 0.29) is 16.9 Å². The summed E-state index contributed by atoms with van der Waals surface area (Å²) < 4.78 is 34.1. The molecule has 0 amide bonds. The van der Waals surface area contributed by atoms with Gasteiger partial charge in [0.2, 0.25) is 10.0 Å². The van der Waals surface area contributed by atoms with Crippen molar-refractivity contribution in [1.82, 2.24) is 4.72 Å². The van der Waals surface area contributed by atoms with E-state index in [1.165, 1.54) is 0 Å². The minimum atomic E-state index is -3.69. The van der Waals surface area contributed by atoms with Crippen molar-refractivity contribution < 1.29 is 13.2 Å². The van der Waals surface area contributed by atoms with Gasteiger partial charge >= 0.3 is 0 Å². The van der Waals surface area contributed by atoms with E-state index < -0.39 is 10.0 Å². The van der Waals surface area contributed by atoms with Crippen molar-refractivity contribution in [2.24, 2.45) is 0 Å². The van der Waals surface area contributed by atoms with Gasteiger partial charge in [-0.3, -0.25) is 0 Å². The Balaban J connectivity index is 2.38. The van der Waals surface area contributed by atoms with Crippen LogP contribution < -0.4 is 9.46 Å². The highest BCUT2D eigenvalue weighted by Crippen LogP contribution is 2.29. The number of nitrogens with one attached hydrogen (secondary N) is 1. The summed E-state index contributed by atoms with van der Waals surface area (Å²) in [6, 6.07) is 14.5. The molecule has 1 N–H and O–H groups in total. The SMILES string of the molecule is CCOc1ccc(C(C)C)cc1S(=O)(=O)N[C@@H](C)c1ccccc1. The molecule has 4 nitrogen and oxygen atoms in total. The van der Waals surface area contributed by atoms with Crippen LogP contribution in [0.15, 0.2) is 53.4 Å². The van der Waals surface area contributed by atoms with Gasteiger partial charge in [-0.25, -0.2) is 13.1 Å². The maximum atomic E-state index is 12.9. The highest BCUT2D eigenvalue weighted by atomic mass is 32.2. The molecule has 0 unspecified atom stereocenters. The Morgan fingerprint density at radius 1 is 1.00 bits per heavy atom. The van der Waals surface area contributed by atoms with Crippen molar-refractivity contribution in [3.8, 4) is 5.75 Å². The first kappa shape index (κ1) is 18.5. The molecule has 1 atom stereocenters. The average Bonchev–Trinajstić information content (AvgIpc) is 2.55. The van der Waals surface area contributed by atoms with Crippen molar-refractivity contribution in [2.45, 2.75) is 44.6 Å². The predicted molar refractivity (Wildman–Crippen MR) is 96.9 cm³/mol. The Labute approximate surface area is 144 Å². The number of hydrogen-bond acceptors (Lipinski definition) is 3. The van der Waals surface area contributed by atoms with Crippen LogP contribution in [0.1, 0.15) is 50.8 Å². The van der Waals surface area contributed by atoms with Gasteiger partial charge in [0.15, 0.2) is 0 Å². The summed E-state index contributed by atoms with van der Waals surface area (Å²) in [6.45, 7) is 8.16. The van der Waals surface area contributed by atoms with Crippen molar-refractivity contribution in [3.63, 3.8) is 0 Å². The molecule has 2 rings (SSSR count). The van der Waals surface area contributed by atoms with Gasteiger partial charge in [0.1, 0.15) is 10.6 Å². The predicted octanol–water partition coefficient (Wildman–Crippen LogP) is 4.25. The van der Waals surface area contributed by atoms with Gasteiger partial charge in [-0.2, -0.15) is 0 Å². The Morgan fingerprint density at radius 2 is 1.67 bits per heavy atom. The van der Waals surface area contributed by atoms with Crippen LogP contribution >= 0.6 is 0 Å². The molecule has 0 aliphatic carbocycles. The first-order chi connectivity index (χ1) is 11.3. The molecule has 0 aliphatic rings. The van der Waals surface area contributed by atoms with Crippen LogP contribution in [0.25, 0.3) is 0 Å². The second-order valence-corrected chi connectivity index (χ2v) is 7.73. The molecular formula is C19H25NO3S. The summed E-state index contributed by atoms with van der Waals surface area (Å²) in [5.41, 5.74) is 1.88. The Kier molecular flexibility index (Phi) is 6.02. The van der Waals surface area contributed by atoms with Gasteiger partial charge < -0.3 is 4.74 Å². The Hall–Kier alpha value is -1.85. The summed E-state index contributed by atoms with van der Waals surface area (Å²) in [4.78, 5) is 0.193. The molecule has 0 aliphatic heterocycles. The topological polar surface area (TPSA) is 55.4 Å². The summed E-state index contributed by atoms with van der Waals surface area (Å²) in [5.74, 6) is 0.621. The third-order valence-corrected chi connectivity index (χ3v) is 5.42. The molecule has 0 spiro atoms. The third kappa shape index (κ3) is 4.36. The third-order valence-electron chi connectivity index (χ3n) is 3.86. The monoisotopic (exact) mass is 347 g/mol. The molecule has 0 heterocycles. The first-order valence-electron chi connectivity index (χ1n) is 8.19. The average molecular weight is 347 g/mol. The molecule has 2 aromatic rings. The lowest BCUT2D eigenvalue weighted by molar-refractivity contribution is 0.330. The van der Waals surface area contributed by atoms with Crippen molar-refractivity contribution >= 4 is 10.0 Å². The van der Waals surface area contributed by atoms with Crippen molar-refractivity contribution in [2.75, 3.05) is 6.61 Å². The van der Waals surface area contributed by atoms with Gasteiger partial charge in [0, 0.05) is 6.04 Å². The van der Waals surface area contributed by atoms with E-state index in [0.29, 0.717) is 12.4 Å². The smallest absolute Gasteiger partial charge is 0.244 e. The molecule has 0 bridgehead atoms. The van der Waals surface area contributed by atoms with Crippen LogP contribution in [0, 0.1) is 0 Å². The highest BCUT2D eigenvalue weighted by molar-refractivity contribution is 7.89. The number of sulfonamides is 1. The standard InChI is InChI=1S/C19H25NO3S/c1-5-23-18-12-11-17(14(2)3)13-19(18)24(21,22)20-15(4)16-9-7-6-8-10-16/h6-15,20H,5H2,1-4H3/t15-/m0/s1.